The summed E-state index contributed by atoms with van der Waals surface area (Å²) in [5.74, 6) is -2.71. The Balaban J connectivity index is 2.48. The number of para-hydroxylation sites is 1. The summed E-state index contributed by atoms with van der Waals surface area (Å²) in [5.41, 5.74) is -0.175. The minimum Gasteiger partial charge on any atom is -0.355 e. The van der Waals surface area contributed by atoms with E-state index in [0.29, 0.717) is 10.8 Å². The van der Waals surface area contributed by atoms with E-state index >= 15 is 0 Å². The molecular formula is C22H28F2N4O4S. The maximum absolute atomic E-state index is 14.5. The summed E-state index contributed by atoms with van der Waals surface area (Å²) in [5, 5.41) is 2.60. The van der Waals surface area contributed by atoms with Crippen molar-refractivity contribution in [2.24, 2.45) is 0 Å². The third-order valence-electron chi connectivity index (χ3n) is 4.96. The smallest absolute Gasteiger partial charge is 0.304 e. The number of hydrogen-bond acceptors (Lipinski definition) is 4. The van der Waals surface area contributed by atoms with Crippen molar-refractivity contribution in [3.05, 3.63) is 65.7 Å². The lowest BCUT2D eigenvalue weighted by molar-refractivity contribution is -0.139. The predicted octanol–water partition coefficient (Wildman–Crippen LogP) is 2.13. The summed E-state index contributed by atoms with van der Waals surface area (Å²) in [6, 6.07) is 9.86. The van der Waals surface area contributed by atoms with E-state index in [2.05, 4.69) is 5.32 Å². The molecule has 0 aromatic heterocycles. The van der Waals surface area contributed by atoms with E-state index in [-0.39, 0.29) is 17.8 Å². The standard InChI is InChI=1S/C22H28F2N4O4S/c1-5-25-22(30)16(2)27(14-17-10-6-7-11-18(17)23)21(29)15-28(33(31,32)26(3)4)20-13-9-8-12-19(20)24/h6-13,16H,5,14-15H2,1-4H3,(H,25,30)/t16-/m0/s1. The fraction of sp³-hybridized carbons (Fsp3) is 0.364. The fourth-order valence-corrected chi connectivity index (χ4v) is 4.13. The zero-order chi connectivity index (χ0) is 24.8. The van der Waals surface area contributed by atoms with Gasteiger partial charge >= 0.3 is 10.2 Å². The molecule has 0 radical (unpaired) electrons. The van der Waals surface area contributed by atoms with Gasteiger partial charge in [-0.15, -0.1) is 0 Å². The number of nitrogens with zero attached hydrogens (tertiary/aromatic N) is 3. The van der Waals surface area contributed by atoms with Gasteiger partial charge < -0.3 is 10.2 Å². The average molecular weight is 483 g/mol. The second-order valence-corrected chi connectivity index (χ2v) is 9.50. The molecule has 0 fully saturated rings. The van der Waals surface area contributed by atoms with Crippen molar-refractivity contribution in [2.45, 2.75) is 26.4 Å². The van der Waals surface area contributed by atoms with Gasteiger partial charge in [0.1, 0.15) is 24.2 Å². The third-order valence-corrected chi connectivity index (χ3v) is 6.76. The van der Waals surface area contributed by atoms with Crippen LogP contribution < -0.4 is 9.62 Å². The molecule has 0 saturated heterocycles. The van der Waals surface area contributed by atoms with Crippen molar-refractivity contribution < 1.29 is 26.8 Å². The molecule has 8 nitrogen and oxygen atoms in total. The van der Waals surface area contributed by atoms with E-state index in [1.165, 1.54) is 57.4 Å². The maximum Gasteiger partial charge on any atom is 0.304 e. The Bertz CT molecular complexity index is 1100. The van der Waals surface area contributed by atoms with Gasteiger partial charge in [0.25, 0.3) is 0 Å². The Morgan fingerprint density at radius 3 is 2.12 bits per heavy atom. The molecule has 0 heterocycles. The summed E-state index contributed by atoms with van der Waals surface area (Å²) in [6.07, 6.45) is 0. The second kappa shape index (κ2) is 11.2. The zero-order valence-electron chi connectivity index (χ0n) is 19.0. The molecule has 11 heteroatoms. The number of likely N-dealkylation sites (N-methyl/N-ethyl adjacent to an activating group) is 1. The molecule has 2 aromatic rings. The van der Waals surface area contributed by atoms with E-state index in [1.54, 1.807) is 13.0 Å². The number of benzene rings is 2. The van der Waals surface area contributed by atoms with Gasteiger partial charge in [-0.2, -0.15) is 12.7 Å². The fourth-order valence-electron chi connectivity index (χ4n) is 3.07. The van der Waals surface area contributed by atoms with E-state index in [1.807, 2.05) is 0 Å². The van der Waals surface area contributed by atoms with Crippen molar-refractivity contribution in [3.8, 4) is 0 Å². The first-order valence-corrected chi connectivity index (χ1v) is 11.7. The molecule has 0 aliphatic carbocycles. The van der Waals surface area contributed by atoms with Gasteiger partial charge in [-0.25, -0.2) is 13.1 Å². The van der Waals surface area contributed by atoms with Crippen LogP contribution in [0.5, 0.6) is 0 Å². The first-order chi connectivity index (χ1) is 15.5. The highest BCUT2D eigenvalue weighted by Crippen LogP contribution is 2.24. The molecule has 1 N–H and O–H groups in total. The molecule has 180 valence electrons. The molecule has 0 saturated carbocycles. The molecular weight excluding hydrogens is 454 g/mol. The van der Waals surface area contributed by atoms with Gasteiger partial charge in [-0.3, -0.25) is 9.59 Å². The summed E-state index contributed by atoms with van der Waals surface area (Å²) >= 11 is 0. The number of hydrogen-bond donors (Lipinski definition) is 1. The molecule has 2 rings (SSSR count). The van der Waals surface area contributed by atoms with E-state index < -0.39 is 46.2 Å². The minimum atomic E-state index is -4.28. The van der Waals surface area contributed by atoms with Gasteiger partial charge in [0.2, 0.25) is 11.8 Å². The number of rotatable bonds is 10. The van der Waals surface area contributed by atoms with Gasteiger partial charge in [-0.1, -0.05) is 30.3 Å². The highest BCUT2D eigenvalue weighted by atomic mass is 32.2. The van der Waals surface area contributed by atoms with Crippen molar-refractivity contribution in [1.29, 1.82) is 0 Å². The van der Waals surface area contributed by atoms with Crippen LogP contribution in [0.25, 0.3) is 0 Å². The van der Waals surface area contributed by atoms with Crippen molar-refractivity contribution in [2.75, 3.05) is 31.5 Å². The molecule has 2 amide bonds. The summed E-state index contributed by atoms with van der Waals surface area (Å²) in [4.78, 5) is 26.9. The van der Waals surface area contributed by atoms with Crippen LogP contribution >= 0.6 is 0 Å². The van der Waals surface area contributed by atoms with Crippen molar-refractivity contribution in [3.63, 3.8) is 0 Å². The van der Waals surface area contributed by atoms with Crippen LogP contribution in [-0.4, -0.2) is 62.7 Å². The molecule has 0 aliphatic heterocycles. The minimum absolute atomic E-state index is 0.148. The van der Waals surface area contributed by atoms with Gasteiger partial charge in [0.15, 0.2) is 0 Å². The monoisotopic (exact) mass is 482 g/mol. The average Bonchev–Trinajstić information content (AvgIpc) is 2.76. The molecule has 33 heavy (non-hydrogen) atoms. The molecule has 0 spiro atoms. The van der Waals surface area contributed by atoms with E-state index in [9.17, 15) is 26.8 Å². The topological polar surface area (TPSA) is 90.0 Å². The highest BCUT2D eigenvalue weighted by molar-refractivity contribution is 7.90. The number of amides is 2. The number of carbonyl (C=O) groups excluding carboxylic acids is 2. The SMILES string of the molecule is CCNC(=O)[C@H](C)N(Cc1ccccc1F)C(=O)CN(c1ccccc1F)S(=O)(=O)N(C)C. The van der Waals surface area contributed by atoms with Crippen LogP contribution in [-0.2, 0) is 26.3 Å². The van der Waals surface area contributed by atoms with Gasteiger partial charge in [-0.05, 0) is 32.0 Å². The number of anilines is 1. The molecule has 2 aromatic carbocycles. The van der Waals surface area contributed by atoms with E-state index in [0.717, 1.165) is 15.3 Å². The highest BCUT2D eigenvalue weighted by Gasteiger charge is 2.33. The zero-order valence-corrected chi connectivity index (χ0v) is 19.8. The first-order valence-electron chi connectivity index (χ1n) is 10.3. The predicted molar refractivity (Wildman–Crippen MR) is 121 cm³/mol. The molecule has 1 atom stereocenters. The van der Waals surface area contributed by atoms with Crippen LogP contribution in [0.15, 0.2) is 48.5 Å². The molecule has 0 unspecified atom stereocenters. The lowest BCUT2D eigenvalue weighted by atomic mass is 10.1. The third kappa shape index (κ3) is 6.26. The normalized spacial score (nSPS) is 12.3. The van der Waals surface area contributed by atoms with Crippen molar-refractivity contribution >= 4 is 27.7 Å². The van der Waals surface area contributed by atoms with Gasteiger partial charge in [0, 0.05) is 32.7 Å². The Labute approximate surface area is 193 Å². The Hall–Kier alpha value is -3.05. The van der Waals surface area contributed by atoms with Crippen LogP contribution in [0.4, 0.5) is 14.5 Å². The summed E-state index contributed by atoms with van der Waals surface area (Å²) in [6.45, 7) is 2.40. The molecule has 0 aliphatic rings. The van der Waals surface area contributed by atoms with Crippen LogP contribution in [0.1, 0.15) is 19.4 Å². The lowest BCUT2D eigenvalue weighted by Crippen LogP contribution is -2.52. The van der Waals surface area contributed by atoms with E-state index in [4.69, 9.17) is 0 Å². The Morgan fingerprint density at radius 2 is 1.58 bits per heavy atom. The quantitative estimate of drug-likeness (QED) is 0.562. The van der Waals surface area contributed by atoms with Gasteiger partial charge in [0.05, 0.1) is 5.69 Å². The lowest BCUT2D eigenvalue weighted by Gasteiger charge is -2.32. The number of nitrogens with one attached hydrogen (secondary N) is 1. The molecule has 0 bridgehead atoms. The van der Waals surface area contributed by atoms with Crippen LogP contribution in [0.2, 0.25) is 0 Å². The number of carbonyl (C=O) groups is 2. The number of halogens is 2. The largest absolute Gasteiger partial charge is 0.355 e. The van der Waals surface area contributed by atoms with Crippen LogP contribution in [0.3, 0.4) is 0 Å². The summed E-state index contributed by atoms with van der Waals surface area (Å²) in [7, 11) is -1.77. The second-order valence-electron chi connectivity index (χ2n) is 7.43. The van der Waals surface area contributed by atoms with Crippen molar-refractivity contribution in [1.82, 2.24) is 14.5 Å². The Kier molecular flexibility index (Phi) is 8.89. The summed E-state index contributed by atoms with van der Waals surface area (Å²) < 4.78 is 56.2. The van der Waals surface area contributed by atoms with Crippen LogP contribution in [0, 0.1) is 11.6 Å². The first kappa shape index (κ1) is 26.2. The maximum atomic E-state index is 14.5. The Morgan fingerprint density at radius 1 is 1.00 bits per heavy atom.